The van der Waals surface area contributed by atoms with Gasteiger partial charge in [-0.05, 0) is 68.5 Å². The number of imidazole rings is 1. The number of hydrogen-bond acceptors (Lipinski definition) is 4. The minimum Gasteiger partial charge on any atom is -0.494 e. The Kier molecular flexibility index (Phi) is 8.02. The summed E-state index contributed by atoms with van der Waals surface area (Å²) in [6, 6.07) is 15.7. The molecule has 0 saturated carbocycles. The highest BCUT2D eigenvalue weighted by Crippen LogP contribution is 2.19. The van der Waals surface area contributed by atoms with Crippen LogP contribution in [0, 0.1) is 0 Å². The molecule has 3 aromatic rings. The zero-order valence-corrected chi connectivity index (χ0v) is 19.0. The fraction of sp³-hybridized carbons (Fsp3) is 0.440. The van der Waals surface area contributed by atoms with Gasteiger partial charge in [0, 0.05) is 31.1 Å². The molecule has 1 unspecified atom stereocenters. The summed E-state index contributed by atoms with van der Waals surface area (Å²) in [5.74, 6) is 1.92. The number of halogens is 1. The number of unbranched alkanes of at least 4 members (excludes halogenated alkanes) is 1. The average molecular weight is 456 g/mol. The van der Waals surface area contributed by atoms with Crippen LogP contribution in [0.2, 0.25) is 5.02 Å². The number of fused-ring (bicyclic) bond motifs is 1. The predicted octanol–water partition coefficient (Wildman–Crippen LogP) is 4.78. The molecule has 0 radical (unpaired) electrons. The zero-order valence-electron chi connectivity index (χ0n) is 18.3. The molecule has 2 aromatic carbocycles. The van der Waals surface area contributed by atoms with E-state index in [9.17, 15) is 4.79 Å². The van der Waals surface area contributed by atoms with E-state index >= 15 is 0 Å². The van der Waals surface area contributed by atoms with Crippen molar-refractivity contribution in [3.8, 4) is 5.75 Å². The van der Waals surface area contributed by atoms with Crippen LogP contribution < -0.4 is 10.1 Å². The van der Waals surface area contributed by atoms with Crippen LogP contribution in [0.15, 0.2) is 48.5 Å². The van der Waals surface area contributed by atoms with Crippen molar-refractivity contribution in [2.24, 2.45) is 0 Å². The van der Waals surface area contributed by atoms with Gasteiger partial charge in [0.2, 0.25) is 5.91 Å². The van der Waals surface area contributed by atoms with Crippen LogP contribution in [-0.2, 0) is 22.5 Å². The SMILES string of the molecule is O=C(NCCCc1nc2ccccc2n1CCCCOc1ccc(Cl)cc1)C1CCCO1. The normalized spacial score (nSPS) is 15.8. The molecular weight excluding hydrogens is 426 g/mol. The minimum atomic E-state index is -0.269. The molecule has 7 heteroatoms. The van der Waals surface area contributed by atoms with Crippen LogP contribution in [0.4, 0.5) is 0 Å². The number of para-hydroxylation sites is 2. The lowest BCUT2D eigenvalue weighted by Gasteiger charge is -2.12. The van der Waals surface area contributed by atoms with Gasteiger partial charge in [-0.1, -0.05) is 23.7 Å². The molecule has 4 rings (SSSR count). The third-order valence-corrected chi connectivity index (χ3v) is 5.94. The Hall–Kier alpha value is -2.57. The number of ether oxygens (including phenoxy) is 2. The Morgan fingerprint density at radius 2 is 2.00 bits per heavy atom. The first-order valence-corrected chi connectivity index (χ1v) is 11.8. The van der Waals surface area contributed by atoms with Gasteiger partial charge in [0.15, 0.2) is 0 Å². The Morgan fingerprint density at radius 1 is 1.16 bits per heavy atom. The molecule has 0 aliphatic carbocycles. The lowest BCUT2D eigenvalue weighted by molar-refractivity contribution is -0.130. The summed E-state index contributed by atoms with van der Waals surface area (Å²) >= 11 is 5.92. The van der Waals surface area contributed by atoms with Gasteiger partial charge in [0.1, 0.15) is 17.7 Å². The molecule has 1 aromatic heterocycles. The second-order valence-corrected chi connectivity index (χ2v) is 8.51. The van der Waals surface area contributed by atoms with Gasteiger partial charge in [-0.15, -0.1) is 0 Å². The maximum atomic E-state index is 12.1. The quantitative estimate of drug-likeness (QED) is 0.423. The fourth-order valence-electron chi connectivity index (χ4n) is 4.01. The van der Waals surface area contributed by atoms with Crippen LogP contribution in [-0.4, -0.2) is 41.3 Å². The minimum absolute atomic E-state index is 0.0108. The standard InChI is InChI=1S/C25H30ClN3O3/c26-19-11-13-20(14-12-19)31-17-4-3-16-29-22-8-2-1-7-21(22)28-24(29)10-5-15-27-25(30)23-9-6-18-32-23/h1-2,7-8,11-14,23H,3-6,9-10,15-18H2,(H,27,30). The fourth-order valence-corrected chi connectivity index (χ4v) is 4.14. The first-order chi connectivity index (χ1) is 15.7. The van der Waals surface area contributed by atoms with E-state index in [2.05, 4.69) is 28.1 Å². The van der Waals surface area contributed by atoms with Crippen molar-refractivity contribution in [2.75, 3.05) is 19.8 Å². The zero-order chi connectivity index (χ0) is 22.2. The van der Waals surface area contributed by atoms with Gasteiger partial charge in [-0.25, -0.2) is 4.98 Å². The number of nitrogens with one attached hydrogen (secondary N) is 1. The Morgan fingerprint density at radius 3 is 2.81 bits per heavy atom. The molecule has 170 valence electrons. The summed E-state index contributed by atoms with van der Waals surface area (Å²) in [5.41, 5.74) is 2.17. The van der Waals surface area contributed by atoms with Crippen LogP contribution >= 0.6 is 11.6 Å². The van der Waals surface area contributed by atoms with Crippen molar-refractivity contribution in [1.29, 1.82) is 0 Å². The number of nitrogens with zero attached hydrogens (tertiary/aromatic N) is 2. The number of benzene rings is 2. The lowest BCUT2D eigenvalue weighted by Crippen LogP contribution is -2.34. The van der Waals surface area contributed by atoms with E-state index in [0.29, 0.717) is 24.8 Å². The van der Waals surface area contributed by atoms with Gasteiger partial charge in [-0.2, -0.15) is 0 Å². The highest BCUT2D eigenvalue weighted by Gasteiger charge is 2.22. The van der Waals surface area contributed by atoms with Crippen molar-refractivity contribution in [3.05, 3.63) is 59.4 Å². The number of hydrogen-bond donors (Lipinski definition) is 1. The number of aryl methyl sites for hydroxylation is 2. The summed E-state index contributed by atoms with van der Waals surface area (Å²) in [5, 5.41) is 3.71. The molecule has 0 spiro atoms. The van der Waals surface area contributed by atoms with Gasteiger partial charge >= 0.3 is 0 Å². The Labute approximate surface area is 193 Å². The number of rotatable bonds is 11. The van der Waals surface area contributed by atoms with E-state index in [-0.39, 0.29) is 12.0 Å². The summed E-state index contributed by atoms with van der Waals surface area (Å²) in [7, 11) is 0. The van der Waals surface area contributed by atoms with Crippen LogP contribution in [0.25, 0.3) is 11.0 Å². The second-order valence-electron chi connectivity index (χ2n) is 8.07. The molecule has 2 heterocycles. The molecule has 6 nitrogen and oxygen atoms in total. The van der Waals surface area contributed by atoms with Crippen LogP contribution in [0.1, 0.15) is 37.9 Å². The highest BCUT2D eigenvalue weighted by molar-refractivity contribution is 6.30. The van der Waals surface area contributed by atoms with Gasteiger partial charge in [0.05, 0.1) is 17.6 Å². The van der Waals surface area contributed by atoms with Gasteiger partial charge < -0.3 is 19.4 Å². The van der Waals surface area contributed by atoms with Gasteiger partial charge in [0.25, 0.3) is 0 Å². The summed E-state index contributed by atoms with van der Waals surface area (Å²) < 4.78 is 13.6. The highest BCUT2D eigenvalue weighted by atomic mass is 35.5. The maximum Gasteiger partial charge on any atom is 0.249 e. The maximum absolute atomic E-state index is 12.1. The summed E-state index contributed by atoms with van der Waals surface area (Å²) in [4.78, 5) is 17.0. The largest absolute Gasteiger partial charge is 0.494 e. The smallest absolute Gasteiger partial charge is 0.249 e. The van der Waals surface area contributed by atoms with Crippen molar-refractivity contribution < 1.29 is 14.3 Å². The average Bonchev–Trinajstić information content (AvgIpc) is 3.46. The van der Waals surface area contributed by atoms with E-state index in [1.54, 1.807) is 0 Å². The molecule has 1 saturated heterocycles. The van der Waals surface area contributed by atoms with E-state index in [1.807, 2.05) is 30.3 Å². The molecule has 1 N–H and O–H groups in total. The Balaban J connectivity index is 1.27. The van der Waals surface area contributed by atoms with Gasteiger partial charge in [-0.3, -0.25) is 4.79 Å². The topological polar surface area (TPSA) is 65.4 Å². The number of carbonyl (C=O) groups excluding carboxylic acids is 1. The second kappa shape index (κ2) is 11.3. The van der Waals surface area contributed by atoms with E-state index in [4.69, 9.17) is 26.1 Å². The first-order valence-electron chi connectivity index (χ1n) is 11.4. The van der Waals surface area contributed by atoms with E-state index < -0.39 is 0 Å². The van der Waals surface area contributed by atoms with Crippen molar-refractivity contribution in [2.45, 2.75) is 51.2 Å². The number of carbonyl (C=O) groups is 1. The monoisotopic (exact) mass is 455 g/mol. The van der Waals surface area contributed by atoms with Crippen molar-refractivity contribution in [1.82, 2.24) is 14.9 Å². The van der Waals surface area contributed by atoms with Crippen molar-refractivity contribution in [3.63, 3.8) is 0 Å². The lowest BCUT2D eigenvalue weighted by atomic mass is 10.2. The van der Waals surface area contributed by atoms with Crippen LogP contribution in [0.5, 0.6) is 5.75 Å². The van der Waals surface area contributed by atoms with Crippen LogP contribution in [0.3, 0.4) is 0 Å². The number of aromatic nitrogens is 2. The molecular formula is C25H30ClN3O3. The molecule has 1 aliphatic heterocycles. The molecule has 1 aliphatic rings. The third-order valence-electron chi connectivity index (χ3n) is 5.69. The first kappa shape index (κ1) is 22.6. The molecule has 1 amide bonds. The van der Waals surface area contributed by atoms with Crippen molar-refractivity contribution >= 4 is 28.5 Å². The molecule has 1 fully saturated rings. The number of amides is 1. The third kappa shape index (κ3) is 6.02. The van der Waals surface area contributed by atoms with E-state index in [0.717, 1.165) is 67.7 Å². The molecule has 1 atom stereocenters. The van der Waals surface area contributed by atoms with E-state index in [1.165, 1.54) is 0 Å². The predicted molar refractivity (Wildman–Crippen MR) is 126 cm³/mol. The molecule has 0 bridgehead atoms. The summed E-state index contributed by atoms with van der Waals surface area (Å²) in [6.45, 7) is 2.88. The molecule has 32 heavy (non-hydrogen) atoms. The Bertz CT molecular complexity index is 1010. The summed E-state index contributed by atoms with van der Waals surface area (Å²) in [6.07, 6.45) is 5.14.